The molecule has 0 fully saturated rings. The number of amides is 3. The first-order chi connectivity index (χ1) is 11.9. The highest BCUT2D eigenvalue weighted by atomic mass is 32.2. The van der Waals surface area contributed by atoms with Crippen LogP contribution in [0.3, 0.4) is 0 Å². The van der Waals surface area contributed by atoms with Gasteiger partial charge in [0.15, 0.2) is 6.61 Å². The second-order valence-corrected chi connectivity index (χ2v) is 6.64. The minimum atomic E-state index is -0.680. The largest absolute Gasteiger partial charge is 0.452 e. The molecular formula is C16H19N3O5S. The van der Waals surface area contributed by atoms with Gasteiger partial charge in [-0.3, -0.25) is 14.4 Å². The maximum absolute atomic E-state index is 12.1. The predicted octanol–water partition coefficient (Wildman–Crippen LogP) is 0.482. The van der Waals surface area contributed by atoms with Gasteiger partial charge in [0.1, 0.15) is 0 Å². The Kier molecular flexibility index (Phi) is 6.40. The zero-order valence-corrected chi connectivity index (χ0v) is 14.8. The number of hydrogen-bond acceptors (Lipinski definition) is 6. The van der Waals surface area contributed by atoms with Gasteiger partial charge in [0.2, 0.25) is 11.8 Å². The zero-order valence-electron chi connectivity index (χ0n) is 14.0. The molecular weight excluding hydrogens is 346 g/mol. The number of rotatable bonds is 5. The fourth-order valence-electron chi connectivity index (χ4n) is 1.94. The van der Waals surface area contributed by atoms with Crippen LogP contribution in [0.15, 0.2) is 23.1 Å². The SMILES string of the molecule is CN(C)C(=O)CNC(=O)COC(=O)c1ccc2c(c1)NC(=O)CCS2. The number of benzene rings is 1. The molecule has 0 atom stereocenters. The lowest BCUT2D eigenvalue weighted by molar-refractivity contribution is -0.131. The molecule has 0 saturated heterocycles. The van der Waals surface area contributed by atoms with Gasteiger partial charge in [-0.25, -0.2) is 4.79 Å². The summed E-state index contributed by atoms with van der Waals surface area (Å²) in [5.41, 5.74) is 0.793. The van der Waals surface area contributed by atoms with Crippen molar-refractivity contribution in [3.63, 3.8) is 0 Å². The number of anilines is 1. The van der Waals surface area contributed by atoms with Gasteiger partial charge in [-0.15, -0.1) is 11.8 Å². The van der Waals surface area contributed by atoms with Gasteiger partial charge in [-0.1, -0.05) is 0 Å². The van der Waals surface area contributed by atoms with Crippen molar-refractivity contribution < 1.29 is 23.9 Å². The van der Waals surface area contributed by atoms with Crippen molar-refractivity contribution in [1.82, 2.24) is 10.2 Å². The molecule has 9 heteroatoms. The fraction of sp³-hybridized carbons (Fsp3) is 0.375. The molecule has 1 heterocycles. The Bertz CT molecular complexity index is 705. The smallest absolute Gasteiger partial charge is 0.338 e. The lowest BCUT2D eigenvalue weighted by Crippen LogP contribution is -2.38. The van der Waals surface area contributed by atoms with Crippen molar-refractivity contribution in [3.05, 3.63) is 23.8 Å². The van der Waals surface area contributed by atoms with Crippen molar-refractivity contribution in [2.75, 3.05) is 38.3 Å². The molecule has 0 spiro atoms. The molecule has 1 aliphatic heterocycles. The molecule has 3 amide bonds. The summed E-state index contributed by atoms with van der Waals surface area (Å²) in [6, 6.07) is 4.85. The van der Waals surface area contributed by atoms with Gasteiger partial charge < -0.3 is 20.3 Å². The highest BCUT2D eigenvalue weighted by molar-refractivity contribution is 7.99. The van der Waals surface area contributed by atoms with E-state index in [1.807, 2.05) is 0 Å². The van der Waals surface area contributed by atoms with E-state index in [4.69, 9.17) is 4.74 Å². The van der Waals surface area contributed by atoms with Crippen LogP contribution in [0.5, 0.6) is 0 Å². The molecule has 1 aromatic carbocycles. The van der Waals surface area contributed by atoms with Gasteiger partial charge in [0.25, 0.3) is 5.91 Å². The molecule has 0 unspecified atom stereocenters. The number of carbonyl (C=O) groups excluding carboxylic acids is 4. The summed E-state index contributed by atoms with van der Waals surface area (Å²) in [4.78, 5) is 48.8. The van der Waals surface area contributed by atoms with Crippen molar-refractivity contribution >= 4 is 41.1 Å². The summed E-state index contributed by atoms with van der Waals surface area (Å²) in [5.74, 6) is -0.947. The Labute approximate surface area is 149 Å². The molecule has 1 aromatic rings. The third kappa shape index (κ3) is 5.49. The lowest BCUT2D eigenvalue weighted by atomic mass is 10.2. The van der Waals surface area contributed by atoms with Crippen LogP contribution in [0.25, 0.3) is 0 Å². The first-order valence-corrected chi connectivity index (χ1v) is 8.56. The van der Waals surface area contributed by atoms with Crippen molar-refractivity contribution in [3.8, 4) is 0 Å². The van der Waals surface area contributed by atoms with E-state index in [-0.39, 0.29) is 23.9 Å². The maximum atomic E-state index is 12.1. The Balaban J connectivity index is 1.90. The van der Waals surface area contributed by atoms with Gasteiger partial charge >= 0.3 is 5.97 Å². The third-order valence-corrected chi connectivity index (χ3v) is 4.42. The van der Waals surface area contributed by atoms with Crippen LogP contribution in [0.2, 0.25) is 0 Å². The van der Waals surface area contributed by atoms with Gasteiger partial charge in [0, 0.05) is 31.2 Å². The molecule has 0 aliphatic carbocycles. The van der Waals surface area contributed by atoms with Gasteiger partial charge in [-0.2, -0.15) is 0 Å². The van der Waals surface area contributed by atoms with Crippen molar-refractivity contribution in [2.45, 2.75) is 11.3 Å². The van der Waals surface area contributed by atoms with Crippen molar-refractivity contribution in [2.24, 2.45) is 0 Å². The van der Waals surface area contributed by atoms with E-state index < -0.39 is 18.5 Å². The highest BCUT2D eigenvalue weighted by Crippen LogP contribution is 2.31. The number of thioether (sulfide) groups is 1. The molecule has 0 radical (unpaired) electrons. The van der Waals surface area contributed by atoms with Crippen molar-refractivity contribution in [1.29, 1.82) is 0 Å². The molecule has 0 saturated carbocycles. The Hall–Kier alpha value is -2.55. The lowest BCUT2D eigenvalue weighted by Gasteiger charge is -2.11. The fourth-order valence-corrected chi connectivity index (χ4v) is 2.88. The number of fused-ring (bicyclic) bond motifs is 1. The van der Waals surface area contributed by atoms with E-state index in [1.54, 1.807) is 26.2 Å². The topological polar surface area (TPSA) is 105 Å². The maximum Gasteiger partial charge on any atom is 0.338 e. The van der Waals surface area contributed by atoms with E-state index in [0.717, 1.165) is 4.90 Å². The number of nitrogens with one attached hydrogen (secondary N) is 2. The Morgan fingerprint density at radius 1 is 1.32 bits per heavy atom. The summed E-state index contributed by atoms with van der Waals surface area (Å²) in [6.45, 7) is -0.650. The van der Waals surface area contributed by atoms with Crippen LogP contribution in [-0.4, -0.2) is 61.6 Å². The molecule has 25 heavy (non-hydrogen) atoms. The van der Waals surface area contributed by atoms with E-state index in [9.17, 15) is 19.2 Å². The van der Waals surface area contributed by atoms with E-state index in [0.29, 0.717) is 17.9 Å². The highest BCUT2D eigenvalue weighted by Gasteiger charge is 2.17. The first kappa shape index (κ1) is 18.8. The van der Waals surface area contributed by atoms with Crippen LogP contribution >= 0.6 is 11.8 Å². The average molecular weight is 365 g/mol. The number of nitrogens with zero attached hydrogens (tertiary/aromatic N) is 1. The normalized spacial score (nSPS) is 13.1. The number of hydrogen-bond donors (Lipinski definition) is 2. The summed E-state index contributed by atoms with van der Waals surface area (Å²) in [7, 11) is 3.15. The standard InChI is InChI=1S/C16H19N3O5S/c1-19(2)15(22)8-17-14(21)9-24-16(23)10-3-4-12-11(7-10)18-13(20)5-6-25-12/h3-4,7H,5-6,8-9H2,1-2H3,(H,17,21)(H,18,20). The molecule has 2 N–H and O–H groups in total. The minimum Gasteiger partial charge on any atom is -0.452 e. The minimum absolute atomic E-state index is 0.110. The van der Waals surface area contributed by atoms with Crippen LogP contribution in [0, 0.1) is 0 Å². The second-order valence-electron chi connectivity index (χ2n) is 5.50. The quantitative estimate of drug-likeness (QED) is 0.736. The number of carbonyl (C=O) groups is 4. The van der Waals surface area contributed by atoms with Crippen LogP contribution in [-0.2, 0) is 19.1 Å². The summed E-state index contributed by atoms with van der Waals surface area (Å²) in [6.07, 6.45) is 0.408. The first-order valence-electron chi connectivity index (χ1n) is 7.57. The molecule has 8 nitrogen and oxygen atoms in total. The predicted molar refractivity (Wildman–Crippen MR) is 92.4 cm³/mol. The zero-order chi connectivity index (χ0) is 18.4. The second kappa shape index (κ2) is 8.52. The summed E-state index contributed by atoms with van der Waals surface area (Å²) < 4.78 is 4.94. The molecule has 2 rings (SSSR count). The molecule has 0 bridgehead atoms. The monoisotopic (exact) mass is 365 g/mol. The molecule has 0 aromatic heterocycles. The number of ether oxygens (including phenoxy) is 1. The van der Waals surface area contributed by atoms with E-state index >= 15 is 0 Å². The average Bonchev–Trinajstić information content (AvgIpc) is 2.76. The third-order valence-electron chi connectivity index (χ3n) is 3.35. The van der Waals surface area contributed by atoms with Gasteiger partial charge in [-0.05, 0) is 18.2 Å². The van der Waals surface area contributed by atoms with E-state index in [1.165, 1.54) is 22.7 Å². The molecule has 134 valence electrons. The Morgan fingerprint density at radius 2 is 2.08 bits per heavy atom. The van der Waals surface area contributed by atoms with Crippen LogP contribution in [0.1, 0.15) is 16.8 Å². The van der Waals surface area contributed by atoms with Gasteiger partial charge in [0.05, 0.1) is 17.8 Å². The number of esters is 1. The van der Waals surface area contributed by atoms with E-state index in [2.05, 4.69) is 10.6 Å². The Morgan fingerprint density at radius 3 is 2.80 bits per heavy atom. The number of likely N-dealkylation sites (N-methyl/N-ethyl adjacent to an activating group) is 1. The van der Waals surface area contributed by atoms with Crippen LogP contribution < -0.4 is 10.6 Å². The summed E-state index contributed by atoms with van der Waals surface area (Å²) >= 11 is 1.53. The summed E-state index contributed by atoms with van der Waals surface area (Å²) in [5, 5.41) is 5.10. The molecule has 1 aliphatic rings. The van der Waals surface area contributed by atoms with Crippen LogP contribution in [0.4, 0.5) is 5.69 Å².